The van der Waals surface area contributed by atoms with E-state index in [2.05, 4.69) is 24.5 Å². The molecule has 5 rings (SSSR count). The summed E-state index contributed by atoms with van der Waals surface area (Å²) in [6.45, 7) is 3.56. The number of morpholine rings is 1. The van der Waals surface area contributed by atoms with Crippen molar-refractivity contribution in [1.29, 1.82) is 0 Å². The summed E-state index contributed by atoms with van der Waals surface area (Å²) in [5, 5.41) is 0. The molecule has 0 spiro atoms. The van der Waals surface area contributed by atoms with Crippen LogP contribution < -0.4 is 20.3 Å². The molecule has 0 amide bonds. The van der Waals surface area contributed by atoms with Gasteiger partial charge < -0.3 is 20.3 Å². The van der Waals surface area contributed by atoms with E-state index in [0.717, 1.165) is 61.5 Å². The van der Waals surface area contributed by atoms with E-state index in [9.17, 15) is 8.42 Å². The molecule has 1 aliphatic carbocycles. The van der Waals surface area contributed by atoms with E-state index in [1.165, 1.54) is 11.4 Å². The standard InChI is InChI=1S/C20H29N9O3S/c1-22-33(30,31)27(2)14-9-15(10-14)29-4-3-16-17(13-11-23-19(21)24-12-13)25-20(26-18(16)29)28-5-7-32-8-6-28/h11-12,14-15,22H,3-10H2,1-2H3,(H2,21,23,24). The fourth-order valence-electron chi connectivity index (χ4n) is 4.68. The number of fused-ring (bicyclic) bond motifs is 1. The zero-order valence-corrected chi connectivity index (χ0v) is 19.6. The Kier molecular flexibility index (Phi) is 5.80. The highest BCUT2D eigenvalue weighted by Gasteiger charge is 2.42. The van der Waals surface area contributed by atoms with Gasteiger partial charge in [0, 0.05) is 69.3 Å². The molecule has 13 heteroatoms. The summed E-state index contributed by atoms with van der Waals surface area (Å²) in [7, 11) is -0.373. The Morgan fingerprint density at radius 2 is 1.85 bits per heavy atom. The summed E-state index contributed by atoms with van der Waals surface area (Å²) in [5.41, 5.74) is 8.40. The number of nitrogens with two attached hydrogens (primary N) is 1. The average molecular weight is 476 g/mol. The van der Waals surface area contributed by atoms with Crippen molar-refractivity contribution in [3.8, 4) is 11.3 Å². The number of hydrogen-bond donors (Lipinski definition) is 2. The van der Waals surface area contributed by atoms with Gasteiger partial charge in [0.25, 0.3) is 10.2 Å². The summed E-state index contributed by atoms with van der Waals surface area (Å²) in [6.07, 6.45) is 5.73. The van der Waals surface area contributed by atoms with E-state index in [1.54, 1.807) is 19.4 Å². The third kappa shape index (κ3) is 4.09. The number of hydrogen-bond acceptors (Lipinski definition) is 10. The lowest BCUT2D eigenvalue weighted by atomic mass is 9.86. The summed E-state index contributed by atoms with van der Waals surface area (Å²) < 4.78 is 33.6. The number of nitrogens with zero attached hydrogens (tertiary/aromatic N) is 7. The molecule has 2 aromatic heterocycles. The summed E-state index contributed by atoms with van der Waals surface area (Å²) >= 11 is 0. The van der Waals surface area contributed by atoms with E-state index >= 15 is 0 Å². The number of nitrogens with one attached hydrogen (secondary N) is 1. The van der Waals surface area contributed by atoms with Gasteiger partial charge in [-0.2, -0.15) is 17.7 Å². The summed E-state index contributed by atoms with van der Waals surface area (Å²) in [5.74, 6) is 1.81. The normalized spacial score (nSPS) is 23.0. The molecule has 0 unspecified atom stereocenters. The van der Waals surface area contributed by atoms with Crippen molar-refractivity contribution in [2.45, 2.75) is 31.3 Å². The third-order valence-corrected chi connectivity index (χ3v) is 8.34. The molecule has 0 aromatic carbocycles. The average Bonchev–Trinajstić information content (AvgIpc) is 3.22. The van der Waals surface area contributed by atoms with Gasteiger partial charge in [-0.05, 0) is 19.3 Å². The van der Waals surface area contributed by atoms with Crippen LogP contribution in [0.15, 0.2) is 12.4 Å². The molecule has 33 heavy (non-hydrogen) atoms. The van der Waals surface area contributed by atoms with Crippen LogP contribution >= 0.6 is 0 Å². The van der Waals surface area contributed by atoms with Crippen molar-refractivity contribution in [3.63, 3.8) is 0 Å². The summed E-state index contributed by atoms with van der Waals surface area (Å²) in [4.78, 5) is 22.6. The first-order valence-corrected chi connectivity index (χ1v) is 12.6. The molecule has 3 N–H and O–H groups in total. The van der Waals surface area contributed by atoms with Crippen LogP contribution in [0.3, 0.4) is 0 Å². The minimum Gasteiger partial charge on any atom is -0.378 e. The van der Waals surface area contributed by atoms with Gasteiger partial charge in [-0.1, -0.05) is 0 Å². The molecule has 3 aliphatic rings. The Hall–Kier alpha value is -2.61. The van der Waals surface area contributed by atoms with Gasteiger partial charge >= 0.3 is 0 Å². The Morgan fingerprint density at radius 1 is 1.15 bits per heavy atom. The van der Waals surface area contributed by atoms with Crippen LogP contribution in [0.1, 0.15) is 18.4 Å². The molecule has 0 atom stereocenters. The van der Waals surface area contributed by atoms with Crippen molar-refractivity contribution in [1.82, 2.24) is 29.0 Å². The van der Waals surface area contributed by atoms with Gasteiger partial charge in [0.1, 0.15) is 5.82 Å². The van der Waals surface area contributed by atoms with Crippen LogP contribution in [-0.2, 0) is 21.4 Å². The van der Waals surface area contributed by atoms with Gasteiger partial charge in [-0.25, -0.2) is 19.7 Å². The minimum atomic E-state index is -3.44. The second-order valence-electron chi connectivity index (χ2n) is 8.55. The monoisotopic (exact) mass is 475 g/mol. The van der Waals surface area contributed by atoms with Crippen molar-refractivity contribution >= 4 is 27.9 Å². The minimum absolute atomic E-state index is 0.0259. The highest BCUT2D eigenvalue weighted by atomic mass is 32.2. The highest BCUT2D eigenvalue weighted by molar-refractivity contribution is 7.87. The Morgan fingerprint density at radius 3 is 2.52 bits per heavy atom. The second kappa shape index (κ2) is 8.63. The van der Waals surface area contributed by atoms with Crippen molar-refractivity contribution in [3.05, 3.63) is 18.0 Å². The van der Waals surface area contributed by atoms with Crippen molar-refractivity contribution < 1.29 is 13.2 Å². The zero-order chi connectivity index (χ0) is 23.2. The van der Waals surface area contributed by atoms with Crippen LogP contribution in [0, 0.1) is 0 Å². The fourth-order valence-corrected chi connectivity index (χ4v) is 5.53. The maximum absolute atomic E-state index is 12.1. The molecule has 4 heterocycles. The quantitative estimate of drug-likeness (QED) is 0.569. The first-order chi connectivity index (χ1) is 15.9. The number of rotatable bonds is 6. The number of nitrogen functional groups attached to an aromatic ring is 1. The lowest BCUT2D eigenvalue weighted by Crippen LogP contribution is -2.55. The maximum Gasteiger partial charge on any atom is 0.279 e. The highest BCUT2D eigenvalue weighted by Crippen LogP contribution is 2.41. The van der Waals surface area contributed by atoms with E-state index in [-0.39, 0.29) is 18.0 Å². The first-order valence-electron chi connectivity index (χ1n) is 11.1. The van der Waals surface area contributed by atoms with Crippen LogP contribution in [0.2, 0.25) is 0 Å². The van der Waals surface area contributed by atoms with Crippen LogP contribution in [-0.4, -0.2) is 91.7 Å². The number of ether oxygens (including phenoxy) is 1. The second-order valence-corrected chi connectivity index (χ2v) is 10.5. The Labute approximate surface area is 193 Å². The molecule has 2 fully saturated rings. The van der Waals surface area contributed by atoms with Crippen molar-refractivity contribution in [2.75, 3.05) is 62.5 Å². The van der Waals surface area contributed by atoms with E-state index < -0.39 is 10.2 Å². The molecule has 1 saturated carbocycles. The fraction of sp³-hybridized carbons (Fsp3) is 0.600. The smallest absolute Gasteiger partial charge is 0.279 e. The topological polar surface area (TPSA) is 143 Å². The number of aromatic nitrogens is 4. The zero-order valence-electron chi connectivity index (χ0n) is 18.8. The van der Waals surface area contributed by atoms with E-state index in [1.807, 2.05) is 0 Å². The van der Waals surface area contributed by atoms with Crippen molar-refractivity contribution in [2.24, 2.45) is 0 Å². The Balaban J connectivity index is 1.45. The van der Waals surface area contributed by atoms with Crippen LogP contribution in [0.5, 0.6) is 0 Å². The molecular weight excluding hydrogens is 446 g/mol. The molecule has 1 saturated heterocycles. The van der Waals surface area contributed by atoms with Crippen LogP contribution in [0.4, 0.5) is 17.7 Å². The summed E-state index contributed by atoms with van der Waals surface area (Å²) in [6, 6.07) is 0.204. The predicted octanol–water partition coefficient (Wildman–Crippen LogP) is -0.358. The molecule has 0 radical (unpaired) electrons. The molecule has 178 valence electrons. The van der Waals surface area contributed by atoms with Gasteiger partial charge in [0.15, 0.2) is 0 Å². The lowest BCUT2D eigenvalue weighted by Gasteiger charge is -2.45. The molecule has 2 aliphatic heterocycles. The van der Waals surface area contributed by atoms with Crippen LogP contribution in [0.25, 0.3) is 11.3 Å². The molecular formula is C20H29N9O3S. The predicted molar refractivity (Wildman–Crippen MR) is 124 cm³/mol. The molecule has 2 aromatic rings. The molecule has 0 bridgehead atoms. The van der Waals surface area contributed by atoms with E-state index in [0.29, 0.717) is 19.2 Å². The first kappa shape index (κ1) is 22.2. The van der Waals surface area contributed by atoms with Gasteiger partial charge in [-0.3, -0.25) is 0 Å². The largest absolute Gasteiger partial charge is 0.378 e. The maximum atomic E-state index is 12.1. The SMILES string of the molecule is CNS(=O)(=O)N(C)C1CC(N2CCc3c(-c4cnc(N)nc4)nc(N4CCOCC4)nc32)C1. The molecule has 12 nitrogen and oxygen atoms in total. The Bertz CT molecular complexity index is 1120. The van der Waals surface area contributed by atoms with Gasteiger partial charge in [-0.15, -0.1) is 0 Å². The number of anilines is 3. The lowest BCUT2D eigenvalue weighted by molar-refractivity contribution is 0.122. The van der Waals surface area contributed by atoms with E-state index in [4.69, 9.17) is 20.4 Å². The van der Waals surface area contributed by atoms with Gasteiger partial charge in [0.2, 0.25) is 11.9 Å². The van der Waals surface area contributed by atoms with Gasteiger partial charge in [0.05, 0.1) is 18.9 Å². The third-order valence-electron chi connectivity index (χ3n) is 6.77.